The van der Waals surface area contributed by atoms with Crippen molar-refractivity contribution in [3.8, 4) is 0 Å². The SMILES string of the molecule is CC(C)(CO[Si](C)(C)C(C)(C)C)C(O)CC(=O)c1ccccc1. The van der Waals surface area contributed by atoms with E-state index in [1.54, 1.807) is 12.1 Å². The van der Waals surface area contributed by atoms with E-state index in [-0.39, 0.29) is 17.2 Å². The van der Waals surface area contributed by atoms with Gasteiger partial charge in [0.25, 0.3) is 0 Å². The lowest BCUT2D eigenvalue weighted by Crippen LogP contribution is -2.45. The van der Waals surface area contributed by atoms with Crippen molar-refractivity contribution >= 4 is 14.1 Å². The molecule has 0 aliphatic rings. The highest BCUT2D eigenvalue weighted by Crippen LogP contribution is 2.38. The maximum atomic E-state index is 12.3. The number of benzene rings is 1. The Morgan fingerprint density at radius 2 is 1.65 bits per heavy atom. The Balaban J connectivity index is 2.67. The lowest BCUT2D eigenvalue weighted by atomic mass is 9.84. The van der Waals surface area contributed by atoms with E-state index in [2.05, 4.69) is 33.9 Å². The Kier molecular flexibility index (Phi) is 6.36. The predicted molar refractivity (Wildman–Crippen MR) is 98.3 cm³/mol. The molecule has 0 heterocycles. The zero-order chi connectivity index (χ0) is 17.9. The minimum atomic E-state index is -1.86. The Morgan fingerprint density at radius 1 is 1.13 bits per heavy atom. The van der Waals surface area contributed by atoms with Crippen molar-refractivity contribution in [2.24, 2.45) is 5.41 Å². The van der Waals surface area contributed by atoms with Crippen LogP contribution in [0.4, 0.5) is 0 Å². The zero-order valence-corrected chi connectivity index (χ0v) is 16.6. The maximum absolute atomic E-state index is 12.3. The fourth-order valence-electron chi connectivity index (χ4n) is 1.87. The predicted octanol–water partition coefficient (Wildman–Crippen LogP) is 4.67. The summed E-state index contributed by atoms with van der Waals surface area (Å²) in [6.07, 6.45) is -0.599. The molecule has 23 heavy (non-hydrogen) atoms. The summed E-state index contributed by atoms with van der Waals surface area (Å²) in [5, 5.41) is 10.7. The largest absolute Gasteiger partial charge is 0.416 e. The van der Waals surface area contributed by atoms with Crippen LogP contribution in [0.15, 0.2) is 30.3 Å². The molecular formula is C19H32O3Si. The van der Waals surface area contributed by atoms with Crippen LogP contribution in [-0.2, 0) is 4.43 Å². The molecular weight excluding hydrogens is 304 g/mol. The molecule has 1 aromatic rings. The van der Waals surface area contributed by atoms with Gasteiger partial charge in [0.15, 0.2) is 14.1 Å². The minimum Gasteiger partial charge on any atom is -0.416 e. The third kappa shape index (κ3) is 5.55. The first-order valence-electron chi connectivity index (χ1n) is 8.27. The molecule has 0 spiro atoms. The van der Waals surface area contributed by atoms with Crippen molar-refractivity contribution in [1.29, 1.82) is 0 Å². The maximum Gasteiger partial charge on any atom is 0.192 e. The number of aliphatic hydroxyl groups excluding tert-OH is 1. The van der Waals surface area contributed by atoms with Crippen molar-refractivity contribution in [3.63, 3.8) is 0 Å². The van der Waals surface area contributed by atoms with Crippen LogP contribution in [-0.4, -0.2) is 31.9 Å². The van der Waals surface area contributed by atoms with Gasteiger partial charge in [-0.25, -0.2) is 0 Å². The summed E-state index contributed by atoms with van der Waals surface area (Å²) < 4.78 is 6.23. The molecule has 1 rings (SSSR count). The third-order valence-corrected chi connectivity index (χ3v) is 9.47. The topological polar surface area (TPSA) is 46.5 Å². The fraction of sp³-hybridized carbons (Fsp3) is 0.632. The van der Waals surface area contributed by atoms with E-state index in [1.807, 2.05) is 32.0 Å². The van der Waals surface area contributed by atoms with Crippen LogP contribution >= 0.6 is 0 Å². The lowest BCUT2D eigenvalue weighted by Gasteiger charge is -2.40. The van der Waals surface area contributed by atoms with Crippen molar-refractivity contribution in [1.82, 2.24) is 0 Å². The van der Waals surface area contributed by atoms with E-state index < -0.39 is 19.8 Å². The molecule has 0 fully saturated rings. The molecule has 0 saturated heterocycles. The van der Waals surface area contributed by atoms with Gasteiger partial charge in [-0.05, 0) is 18.1 Å². The number of aliphatic hydroxyl groups is 1. The number of carbonyl (C=O) groups excluding carboxylic acids is 1. The Morgan fingerprint density at radius 3 is 2.13 bits per heavy atom. The summed E-state index contributed by atoms with van der Waals surface area (Å²) in [6.45, 7) is 15.4. The number of ketones is 1. The first kappa shape index (κ1) is 20.1. The van der Waals surface area contributed by atoms with Gasteiger partial charge in [0.1, 0.15) is 0 Å². The molecule has 0 saturated carbocycles. The molecule has 3 nitrogen and oxygen atoms in total. The summed E-state index contributed by atoms with van der Waals surface area (Å²) in [6, 6.07) is 9.13. The van der Waals surface area contributed by atoms with Crippen LogP contribution in [0.1, 0.15) is 51.4 Å². The molecule has 0 amide bonds. The molecule has 1 N–H and O–H groups in total. The summed E-state index contributed by atoms with van der Waals surface area (Å²) in [7, 11) is -1.86. The van der Waals surface area contributed by atoms with Crippen LogP contribution in [0.3, 0.4) is 0 Å². The number of rotatable bonds is 7. The second-order valence-electron chi connectivity index (χ2n) is 8.55. The second kappa shape index (κ2) is 7.28. The molecule has 0 aliphatic carbocycles. The smallest absolute Gasteiger partial charge is 0.192 e. The molecule has 0 bridgehead atoms. The molecule has 4 heteroatoms. The first-order valence-corrected chi connectivity index (χ1v) is 11.2. The highest BCUT2D eigenvalue weighted by Gasteiger charge is 2.40. The standard InChI is InChI=1S/C19H32O3Si/c1-18(2,3)23(6,7)22-14-19(4,5)17(21)13-16(20)15-11-9-8-10-12-15/h8-12,17,21H,13-14H2,1-7H3. The second-order valence-corrected chi connectivity index (χ2v) is 13.4. The molecule has 130 valence electrons. The van der Waals surface area contributed by atoms with Crippen molar-refractivity contribution in [2.45, 2.75) is 65.3 Å². The van der Waals surface area contributed by atoms with E-state index in [0.717, 1.165) is 0 Å². The number of hydrogen-bond donors (Lipinski definition) is 1. The fourth-order valence-corrected chi connectivity index (χ4v) is 3.04. The summed E-state index contributed by atoms with van der Waals surface area (Å²) in [4.78, 5) is 12.3. The monoisotopic (exact) mass is 336 g/mol. The molecule has 0 radical (unpaired) electrons. The first-order chi connectivity index (χ1) is 10.4. The lowest BCUT2D eigenvalue weighted by molar-refractivity contribution is 0.00857. The van der Waals surface area contributed by atoms with Gasteiger partial charge in [-0.2, -0.15) is 0 Å². The van der Waals surface area contributed by atoms with Crippen LogP contribution in [0.5, 0.6) is 0 Å². The summed E-state index contributed by atoms with van der Waals surface area (Å²) in [5.74, 6) is -0.0292. The number of carbonyl (C=O) groups is 1. The van der Waals surface area contributed by atoms with Gasteiger partial charge in [0.05, 0.1) is 6.10 Å². The van der Waals surface area contributed by atoms with Crippen LogP contribution in [0.2, 0.25) is 18.1 Å². The summed E-state index contributed by atoms with van der Waals surface area (Å²) >= 11 is 0. The average molecular weight is 337 g/mol. The van der Waals surface area contributed by atoms with Gasteiger partial charge >= 0.3 is 0 Å². The Hall–Kier alpha value is -0.973. The normalized spacial score (nSPS) is 14.6. The molecule has 0 aliphatic heterocycles. The van der Waals surface area contributed by atoms with Crippen LogP contribution in [0, 0.1) is 5.41 Å². The zero-order valence-electron chi connectivity index (χ0n) is 15.6. The van der Waals surface area contributed by atoms with Crippen LogP contribution < -0.4 is 0 Å². The third-order valence-electron chi connectivity index (χ3n) is 4.99. The molecule has 1 unspecified atom stereocenters. The average Bonchev–Trinajstić information content (AvgIpc) is 2.45. The Bertz CT molecular complexity index is 515. The highest BCUT2D eigenvalue weighted by atomic mass is 28.4. The van der Waals surface area contributed by atoms with Gasteiger partial charge in [-0.15, -0.1) is 0 Å². The molecule has 1 atom stereocenters. The van der Waals surface area contributed by atoms with Gasteiger partial charge in [-0.3, -0.25) is 4.79 Å². The molecule has 1 aromatic carbocycles. The van der Waals surface area contributed by atoms with Crippen molar-refractivity contribution in [2.75, 3.05) is 6.61 Å². The van der Waals surface area contributed by atoms with Gasteiger partial charge in [-0.1, -0.05) is 65.0 Å². The minimum absolute atomic E-state index is 0.0292. The van der Waals surface area contributed by atoms with E-state index in [9.17, 15) is 9.90 Å². The van der Waals surface area contributed by atoms with Gasteiger partial charge < -0.3 is 9.53 Å². The van der Waals surface area contributed by atoms with Crippen molar-refractivity contribution in [3.05, 3.63) is 35.9 Å². The number of hydrogen-bond acceptors (Lipinski definition) is 3. The van der Waals surface area contributed by atoms with Crippen LogP contribution in [0.25, 0.3) is 0 Å². The van der Waals surface area contributed by atoms with E-state index >= 15 is 0 Å². The summed E-state index contributed by atoms with van der Waals surface area (Å²) in [5.41, 5.74) is 0.188. The Labute approximate surface area is 142 Å². The quantitative estimate of drug-likeness (QED) is 0.581. The highest BCUT2D eigenvalue weighted by molar-refractivity contribution is 6.74. The van der Waals surface area contributed by atoms with Gasteiger partial charge in [0.2, 0.25) is 0 Å². The number of Topliss-reactive ketones (excluding diaryl/α,β-unsaturated/α-hetero) is 1. The van der Waals surface area contributed by atoms with Gasteiger partial charge in [0, 0.05) is 24.0 Å². The van der Waals surface area contributed by atoms with E-state index in [1.165, 1.54) is 0 Å². The van der Waals surface area contributed by atoms with E-state index in [4.69, 9.17) is 4.43 Å². The molecule has 0 aromatic heterocycles. The van der Waals surface area contributed by atoms with E-state index in [0.29, 0.717) is 12.2 Å². The van der Waals surface area contributed by atoms with Crippen molar-refractivity contribution < 1.29 is 14.3 Å².